The van der Waals surface area contributed by atoms with Gasteiger partial charge in [0.15, 0.2) is 0 Å². The van der Waals surface area contributed by atoms with Gasteiger partial charge in [0.05, 0.1) is 16.9 Å². The first-order valence-electron chi connectivity index (χ1n) is 6.36. The Hall–Kier alpha value is -0.490. The van der Waals surface area contributed by atoms with E-state index in [4.69, 9.17) is 10.5 Å². The van der Waals surface area contributed by atoms with Crippen LogP contribution in [0.1, 0.15) is 38.4 Å². The fourth-order valence-electron chi connectivity index (χ4n) is 2.80. The van der Waals surface area contributed by atoms with E-state index in [0.717, 1.165) is 30.3 Å². The minimum Gasteiger partial charge on any atom is -0.367 e. The minimum atomic E-state index is -0.103. The Kier molecular flexibility index (Phi) is 3.78. The molecule has 18 heavy (non-hydrogen) atoms. The van der Waals surface area contributed by atoms with Crippen molar-refractivity contribution < 1.29 is 4.74 Å². The maximum Gasteiger partial charge on any atom is 0.106 e. The molecule has 1 aromatic heterocycles. The Balaban J connectivity index is 2.04. The van der Waals surface area contributed by atoms with Crippen molar-refractivity contribution in [2.45, 2.75) is 52.0 Å². The van der Waals surface area contributed by atoms with E-state index < -0.39 is 0 Å². The molecule has 2 heterocycles. The van der Waals surface area contributed by atoms with Crippen molar-refractivity contribution in [1.82, 2.24) is 9.88 Å². The van der Waals surface area contributed by atoms with Crippen LogP contribution in [-0.2, 0) is 17.8 Å². The Morgan fingerprint density at radius 2 is 1.94 bits per heavy atom. The first kappa shape index (κ1) is 13.9. The highest BCUT2D eigenvalue weighted by molar-refractivity contribution is 7.09. The summed E-state index contributed by atoms with van der Waals surface area (Å²) in [5.74, 6) is 0. The van der Waals surface area contributed by atoms with Crippen molar-refractivity contribution in [3.63, 3.8) is 0 Å². The number of morpholine rings is 1. The summed E-state index contributed by atoms with van der Waals surface area (Å²) >= 11 is 1.64. The van der Waals surface area contributed by atoms with Gasteiger partial charge in [0.25, 0.3) is 0 Å². The predicted octanol–water partition coefficient (Wildman–Crippen LogP) is 1.99. The molecule has 2 N–H and O–H groups in total. The van der Waals surface area contributed by atoms with E-state index in [0.29, 0.717) is 6.54 Å². The van der Waals surface area contributed by atoms with E-state index in [1.54, 1.807) is 11.3 Å². The highest BCUT2D eigenvalue weighted by Crippen LogP contribution is 2.29. The third kappa shape index (κ3) is 3.51. The molecule has 1 aromatic rings. The number of ether oxygens (including phenoxy) is 1. The van der Waals surface area contributed by atoms with Crippen LogP contribution in [0.25, 0.3) is 0 Å². The van der Waals surface area contributed by atoms with Gasteiger partial charge in [0, 0.05) is 31.6 Å². The third-order valence-corrected chi connectivity index (χ3v) is 3.84. The van der Waals surface area contributed by atoms with Crippen LogP contribution in [-0.4, -0.2) is 34.2 Å². The number of nitrogens with zero attached hydrogens (tertiary/aromatic N) is 2. The highest BCUT2D eigenvalue weighted by Gasteiger charge is 2.38. The number of rotatable bonds is 3. The van der Waals surface area contributed by atoms with Crippen LogP contribution < -0.4 is 5.73 Å². The van der Waals surface area contributed by atoms with Crippen LogP contribution in [0.5, 0.6) is 0 Å². The summed E-state index contributed by atoms with van der Waals surface area (Å²) < 4.78 is 6.08. The van der Waals surface area contributed by atoms with Crippen molar-refractivity contribution in [1.29, 1.82) is 0 Å². The molecule has 0 aliphatic carbocycles. The average Bonchev–Trinajstić information content (AvgIpc) is 2.60. The van der Waals surface area contributed by atoms with Gasteiger partial charge in [0.2, 0.25) is 0 Å². The summed E-state index contributed by atoms with van der Waals surface area (Å²) in [4.78, 5) is 6.94. The van der Waals surface area contributed by atoms with E-state index in [-0.39, 0.29) is 11.2 Å². The molecule has 1 aliphatic heterocycles. The van der Waals surface area contributed by atoms with Gasteiger partial charge >= 0.3 is 0 Å². The van der Waals surface area contributed by atoms with Crippen LogP contribution in [0.4, 0.5) is 0 Å². The lowest BCUT2D eigenvalue weighted by Crippen LogP contribution is -2.56. The van der Waals surface area contributed by atoms with Crippen LogP contribution in [0.2, 0.25) is 0 Å². The van der Waals surface area contributed by atoms with Crippen molar-refractivity contribution in [2.75, 3.05) is 13.1 Å². The largest absolute Gasteiger partial charge is 0.367 e. The molecule has 1 aliphatic rings. The van der Waals surface area contributed by atoms with Crippen LogP contribution in [0, 0.1) is 0 Å². The molecule has 1 saturated heterocycles. The summed E-state index contributed by atoms with van der Waals surface area (Å²) in [7, 11) is 0. The Bertz CT molecular complexity index is 398. The van der Waals surface area contributed by atoms with Crippen LogP contribution in [0.3, 0.4) is 0 Å². The molecule has 0 radical (unpaired) electrons. The summed E-state index contributed by atoms with van der Waals surface area (Å²) in [6, 6.07) is 0. The van der Waals surface area contributed by atoms with Crippen molar-refractivity contribution in [3.05, 3.63) is 16.1 Å². The average molecular weight is 269 g/mol. The highest BCUT2D eigenvalue weighted by atomic mass is 32.1. The summed E-state index contributed by atoms with van der Waals surface area (Å²) in [6.45, 7) is 11.9. The monoisotopic (exact) mass is 269 g/mol. The van der Waals surface area contributed by atoms with E-state index in [9.17, 15) is 0 Å². The van der Waals surface area contributed by atoms with Gasteiger partial charge in [-0.25, -0.2) is 4.98 Å². The van der Waals surface area contributed by atoms with Crippen molar-refractivity contribution in [3.8, 4) is 0 Å². The maximum absolute atomic E-state index is 6.08. The van der Waals surface area contributed by atoms with Gasteiger partial charge in [-0.2, -0.15) is 0 Å². The van der Waals surface area contributed by atoms with Gasteiger partial charge in [-0.05, 0) is 27.7 Å². The lowest BCUT2D eigenvalue weighted by atomic mass is 9.99. The normalized spacial score (nSPS) is 23.2. The summed E-state index contributed by atoms with van der Waals surface area (Å²) in [5, 5.41) is 3.12. The number of thiazole rings is 1. The molecule has 4 nitrogen and oxygen atoms in total. The first-order chi connectivity index (χ1) is 8.30. The second kappa shape index (κ2) is 4.89. The van der Waals surface area contributed by atoms with Crippen LogP contribution in [0.15, 0.2) is 5.38 Å². The fourth-order valence-corrected chi connectivity index (χ4v) is 3.47. The molecule has 102 valence electrons. The zero-order valence-electron chi connectivity index (χ0n) is 11.7. The zero-order chi connectivity index (χ0) is 13.4. The second-order valence-electron chi connectivity index (χ2n) is 6.20. The number of hydrogen-bond acceptors (Lipinski definition) is 5. The second-order valence-corrected chi connectivity index (χ2v) is 7.15. The lowest BCUT2D eigenvalue weighted by molar-refractivity contribution is -0.182. The molecule has 0 spiro atoms. The molecule has 5 heteroatoms. The van der Waals surface area contributed by atoms with E-state index >= 15 is 0 Å². The Morgan fingerprint density at radius 3 is 2.44 bits per heavy atom. The van der Waals surface area contributed by atoms with Crippen molar-refractivity contribution in [2.24, 2.45) is 5.73 Å². The maximum atomic E-state index is 6.08. The Labute approximate surface area is 113 Å². The molecule has 0 unspecified atom stereocenters. The van der Waals surface area contributed by atoms with Gasteiger partial charge in [-0.1, -0.05) is 0 Å². The molecule has 2 rings (SSSR count). The predicted molar refractivity (Wildman–Crippen MR) is 74.5 cm³/mol. The number of nitrogens with two attached hydrogens (primary N) is 1. The van der Waals surface area contributed by atoms with E-state index in [1.807, 2.05) is 0 Å². The quantitative estimate of drug-likeness (QED) is 0.912. The SMILES string of the molecule is CC1(C)CN(Cc2csc(CN)n2)CC(C)(C)O1. The fraction of sp³-hybridized carbons (Fsp3) is 0.769. The first-order valence-corrected chi connectivity index (χ1v) is 7.23. The molecule has 0 atom stereocenters. The smallest absolute Gasteiger partial charge is 0.106 e. The molecule has 0 amide bonds. The zero-order valence-corrected chi connectivity index (χ0v) is 12.5. The van der Waals surface area contributed by atoms with Gasteiger partial charge in [0.1, 0.15) is 5.01 Å². The minimum absolute atomic E-state index is 0.103. The lowest BCUT2D eigenvalue weighted by Gasteiger charge is -2.47. The van der Waals surface area contributed by atoms with Gasteiger partial charge in [-0.15, -0.1) is 11.3 Å². The van der Waals surface area contributed by atoms with Gasteiger partial charge < -0.3 is 10.5 Å². The summed E-state index contributed by atoms with van der Waals surface area (Å²) in [5.41, 5.74) is 6.51. The van der Waals surface area contributed by atoms with E-state index in [1.165, 1.54) is 0 Å². The van der Waals surface area contributed by atoms with Crippen LogP contribution >= 0.6 is 11.3 Å². The molecular weight excluding hydrogens is 246 g/mol. The standard InChI is InChI=1S/C13H23N3OS/c1-12(2)8-16(9-13(3,4)17-12)6-10-7-18-11(5-14)15-10/h7H,5-6,8-9,14H2,1-4H3. The Morgan fingerprint density at radius 1 is 1.33 bits per heavy atom. The summed E-state index contributed by atoms with van der Waals surface area (Å²) in [6.07, 6.45) is 0. The molecule has 1 fully saturated rings. The third-order valence-electron chi connectivity index (χ3n) is 2.92. The van der Waals surface area contributed by atoms with E-state index in [2.05, 4.69) is 43.0 Å². The van der Waals surface area contributed by atoms with Gasteiger partial charge in [-0.3, -0.25) is 4.90 Å². The number of hydrogen-bond donors (Lipinski definition) is 1. The molecule has 0 saturated carbocycles. The topological polar surface area (TPSA) is 51.4 Å². The number of aromatic nitrogens is 1. The molecule has 0 aromatic carbocycles. The van der Waals surface area contributed by atoms with Crippen molar-refractivity contribution >= 4 is 11.3 Å². The molecular formula is C13H23N3OS. The molecule has 0 bridgehead atoms.